The minimum absolute atomic E-state index is 0.00721. The van der Waals surface area contributed by atoms with E-state index in [9.17, 15) is 9.90 Å². The smallest absolute Gasteiger partial charge is 0.255 e. The maximum absolute atomic E-state index is 11.9. The number of rotatable bonds is 2. The second-order valence-corrected chi connectivity index (χ2v) is 4.11. The average molecular weight is 263 g/mol. The van der Waals surface area contributed by atoms with Crippen LogP contribution in [-0.4, -0.2) is 11.0 Å². The van der Waals surface area contributed by atoms with Gasteiger partial charge in [-0.25, -0.2) is 0 Å². The van der Waals surface area contributed by atoms with Gasteiger partial charge in [0.25, 0.3) is 5.91 Å². The molecule has 0 fully saturated rings. The quantitative estimate of drug-likeness (QED) is 0.575. The summed E-state index contributed by atoms with van der Waals surface area (Å²) in [4.78, 5) is 11.9. The molecule has 0 saturated heterocycles. The number of phenolic OH excluding ortho intramolecular Hbond substituents is 1. The zero-order valence-corrected chi connectivity index (χ0v) is 10.1. The van der Waals surface area contributed by atoms with Gasteiger partial charge in [0.1, 0.15) is 5.75 Å². The minimum Gasteiger partial charge on any atom is -0.506 e. The summed E-state index contributed by atoms with van der Waals surface area (Å²) < 4.78 is 0. The monoisotopic (exact) mass is 262 g/mol. The van der Waals surface area contributed by atoms with Gasteiger partial charge in [0.05, 0.1) is 16.4 Å². The van der Waals surface area contributed by atoms with Crippen LogP contribution in [0.2, 0.25) is 5.02 Å². The van der Waals surface area contributed by atoms with Gasteiger partial charge < -0.3 is 16.2 Å². The Bertz CT molecular complexity index is 599. The highest BCUT2D eigenvalue weighted by Gasteiger charge is 2.09. The van der Waals surface area contributed by atoms with Crippen molar-refractivity contribution in [2.45, 2.75) is 0 Å². The number of nitrogen functional groups attached to an aromatic ring is 1. The average Bonchev–Trinajstić information content (AvgIpc) is 2.35. The molecule has 0 aromatic heterocycles. The fourth-order valence-corrected chi connectivity index (χ4v) is 1.58. The van der Waals surface area contributed by atoms with Crippen molar-refractivity contribution in [2.24, 2.45) is 0 Å². The number of amides is 1. The Morgan fingerprint density at radius 3 is 2.61 bits per heavy atom. The van der Waals surface area contributed by atoms with Gasteiger partial charge >= 0.3 is 0 Å². The van der Waals surface area contributed by atoms with Crippen molar-refractivity contribution < 1.29 is 9.90 Å². The predicted octanol–water partition coefficient (Wildman–Crippen LogP) is 2.88. The van der Waals surface area contributed by atoms with Gasteiger partial charge in [-0.3, -0.25) is 4.79 Å². The molecule has 0 aliphatic heterocycles. The zero-order valence-electron chi connectivity index (χ0n) is 9.35. The number of nitrogens with one attached hydrogen (secondary N) is 1. The van der Waals surface area contributed by atoms with E-state index in [1.54, 1.807) is 30.3 Å². The highest BCUT2D eigenvalue weighted by Crippen LogP contribution is 2.24. The first-order valence-electron chi connectivity index (χ1n) is 5.22. The van der Waals surface area contributed by atoms with Gasteiger partial charge in [-0.2, -0.15) is 0 Å². The molecule has 0 saturated carbocycles. The Balaban J connectivity index is 2.22. The van der Waals surface area contributed by atoms with E-state index < -0.39 is 0 Å². The number of nitrogens with two attached hydrogens (primary N) is 1. The van der Waals surface area contributed by atoms with Crippen molar-refractivity contribution in [3.8, 4) is 5.75 Å². The number of benzene rings is 2. The van der Waals surface area contributed by atoms with Crippen molar-refractivity contribution in [3.05, 3.63) is 53.1 Å². The number of carbonyl (C=O) groups excluding carboxylic acids is 1. The normalized spacial score (nSPS) is 10.1. The Morgan fingerprint density at radius 1 is 1.22 bits per heavy atom. The number of phenols is 1. The van der Waals surface area contributed by atoms with Gasteiger partial charge in [-0.05, 0) is 30.3 Å². The van der Waals surface area contributed by atoms with E-state index in [0.717, 1.165) is 0 Å². The third-order valence-corrected chi connectivity index (χ3v) is 2.75. The summed E-state index contributed by atoms with van der Waals surface area (Å²) in [5, 5.41) is 12.5. The highest BCUT2D eigenvalue weighted by molar-refractivity contribution is 6.33. The first-order valence-corrected chi connectivity index (χ1v) is 5.60. The molecule has 0 aliphatic carbocycles. The van der Waals surface area contributed by atoms with Crippen LogP contribution in [-0.2, 0) is 0 Å². The van der Waals surface area contributed by atoms with E-state index in [1.165, 1.54) is 12.1 Å². The molecule has 5 heteroatoms. The fourth-order valence-electron chi connectivity index (χ4n) is 1.46. The van der Waals surface area contributed by atoms with Crippen molar-refractivity contribution in [1.29, 1.82) is 0 Å². The van der Waals surface area contributed by atoms with Gasteiger partial charge in [0, 0.05) is 5.56 Å². The van der Waals surface area contributed by atoms with Gasteiger partial charge in [0.15, 0.2) is 0 Å². The Labute approximate surface area is 109 Å². The molecule has 0 heterocycles. The maximum Gasteiger partial charge on any atom is 0.255 e. The Morgan fingerprint density at radius 2 is 1.94 bits per heavy atom. The van der Waals surface area contributed by atoms with E-state index in [1.807, 2.05) is 0 Å². The van der Waals surface area contributed by atoms with Crippen LogP contribution < -0.4 is 11.1 Å². The molecule has 2 aromatic rings. The maximum atomic E-state index is 11.9. The molecule has 4 N–H and O–H groups in total. The first kappa shape index (κ1) is 12.3. The fraction of sp³-hybridized carbons (Fsp3) is 0. The number of hydrogen-bond donors (Lipinski definition) is 3. The zero-order chi connectivity index (χ0) is 13.1. The molecule has 0 bridgehead atoms. The van der Waals surface area contributed by atoms with E-state index in [0.29, 0.717) is 22.0 Å². The van der Waals surface area contributed by atoms with Crippen LogP contribution in [0.3, 0.4) is 0 Å². The van der Waals surface area contributed by atoms with Gasteiger partial charge in [-0.1, -0.05) is 23.7 Å². The molecule has 0 atom stereocenters. The number of para-hydroxylation sites is 2. The lowest BCUT2D eigenvalue weighted by Crippen LogP contribution is -2.12. The van der Waals surface area contributed by atoms with Crippen molar-refractivity contribution in [3.63, 3.8) is 0 Å². The van der Waals surface area contributed by atoms with Crippen molar-refractivity contribution in [1.82, 2.24) is 0 Å². The lowest BCUT2D eigenvalue weighted by molar-refractivity contribution is 0.102. The second kappa shape index (κ2) is 4.98. The number of hydrogen-bond acceptors (Lipinski definition) is 3. The molecule has 18 heavy (non-hydrogen) atoms. The third kappa shape index (κ3) is 2.55. The molecule has 1 amide bonds. The van der Waals surface area contributed by atoms with Crippen LogP contribution in [0, 0.1) is 0 Å². The lowest BCUT2D eigenvalue weighted by atomic mass is 10.2. The molecule has 0 spiro atoms. The minimum atomic E-state index is -0.361. The SMILES string of the molecule is Nc1cc(C(=O)Nc2ccccc2O)ccc1Cl. The standard InChI is InChI=1S/C13H11ClN2O2/c14-9-6-5-8(7-10(9)15)13(18)16-11-3-1-2-4-12(11)17/h1-7,17H,15H2,(H,16,18). The molecule has 2 aromatic carbocycles. The molecule has 92 valence electrons. The predicted molar refractivity (Wildman–Crippen MR) is 71.9 cm³/mol. The van der Waals surface area contributed by atoms with Gasteiger partial charge in [-0.15, -0.1) is 0 Å². The molecular formula is C13H11ClN2O2. The topological polar surface area (TPSA) is 75.4 Å². The largest absolute Gasteiger partial charge is 0.506 e. The Hall–Kier alpha value is -2.20. The van der Waals surface area contributed by atoms with Crippen molar-refractivity contribution >= 4 is 28.9 Å². The number of anilines is 2. The van der Waals surface area contributed by atoms with Crippen LogP contribution in [0.5, 0.6) is 5.75 Å². The molecular weight excluding hydrogens is 252 g/mol. The van der Waals surface area contributed by atoms with Crippen LogP contribution in [0.15, 0.2) is 42.5 Å². The number of aromatic hydroxyl groups is 1. The highest BCUT2D eigenvalue weighted by atomic mass is 35.5. The molecule has 0 unspecified atom stereocenters. The van der Waals surface area contributed by atoms with E-state index in [2.05, 4.69) is 5.32 Å². The summed E-state index contributed by atoms with van der Waals surface area (Å²) in [5.74, 6) is -0.354. The van der Waals surface area contributed by atoms with Crippen LogP contribution in [0.1, 0.15) is 10.4 Å². The summed E-state index contributed by atoms with van der Waals surface area (Å²) in [7, 11) is 0. The van der Waals surface area contributed by atoms with E-state index >= 15 is 0 Å². The van der Waals surface area contributed by atoms with E-state index in [-0.39, 0.29) is 11.7 Å². The molecule has 0 radical (unpaired) electrons. The summed E-state index contributed by atoms with van der Waals surface area (Å²) in [6.07, 6.45) is 0. The summed E-state index contributed by atoms with van der Waals surface area (Å²) in [6.45, 7) is 0. The first-order chi connectivity index (χ1) is 8.58. The number of carbonyl (C=O) groups is 1. The van der Waals surface area contributed by atoms with Crippen molar-refractivity contribution in [2.75, 3.05) is 11.1 Å². The lowest BCUT2D eigenvalue weighted by Gasteiger charge is -2.07. The third-order valence-electron chi connectivity index (χ3n) is 2.41. The summed E-state index contributed by atoms with van der Waals surface area (Å²) in [5.41, 5.74) is 6.67. The van der Waals surface area contributed by atoms with Crippen LogP contribution >= 0.6 is 11.6 Å². The molecule has 0 aliphatic rings. The second-order valence-electron chi connectivity index (χ2n) is 3.71. The summed E-state index contributed by atoms with van der Waals surface area (Å²) >= 11 is 5.77. The van der Waals surface area contributed by atoms with E-state index in [4.69, 9.17) is 17.3 Å². The van der Waals surface area contributed by atoms with Crippen LogP contribution in [0.4, 0.5) is 11.4 Å². The molecule has 4 nitrogen and oxygen atoms in total. The molecule has 2 rings (SSSR count). The number of halogens is 1. The van der Waals surface area contributed by atoms with Crippen LogP contribution in [0.25, 0.3) is 0 Å². The Kier molecular flexibility index (Phi) is 3.39. The van der Waals surface area contributed by atoms with Gasteiger partial charge in [0.2, 0.25) is 0 Å². The summed E-state index contributed by atoms with van der Waals surface area (Å²) in [6, 6.07) is 11.1.